The molecule has 1 N–H and O–H groups in total. The van der Waals surface area contributed by atoms with Gasteiger partial charge in [-0.1, -0.05) is 72.4 Å². The highest BCUT2D eigenvalue weighted by Gasteiger charge is 2.11. The third kappa shape index (κ3) is 6.16. The van der Waals surface area contributed by atoms with Crippen molar-refractivity contribution in [1.29, 1.82) is 0 Å². The van der Waals surface area contributed by atoms with Crippen LogP contribution in [0, 0.1) is 0 Å². The van der Waals surface area contributed by atoms with Gasteiger partial charge in [0.1, 0.15) is 6.33 Å². The number of thioether (sulfide) groups is 1. The molecule has 0 atom stereocenters. The van der Waals surface area contributed by atoms with Crippen molar-refractivity contribution in [2.24, 2.45) is 12.1 Å². The van der Waals surface area contributed by atoms with Crippen molar-refractivity contribution < 1.29 is 4.79 Å². The van der Waals surface area contributed by atoms with E-state index in [1.807, 2.05) is 84.4 Å². The van der Waals surface area contributed by atoms with E-state index in [1.54, 1.807) is 36.4 Å². The van der Waals surface area contributed by atoms with Crippen LogP contribution in [0.3, 0.4) is 0 Å². The van der Waals surface area contributed by atoms with Gasteiger partial charge in [-0.3, -0.25) is 4.79 Å². The fourth-order valence-electron chi connectivity index (χ4n) is 3.84. The molecule has 1 heterocycles. The van der Waals surface area contributed by atoms with Crippen LogP contribution in [0.4, 0.5) is 17.1 Å². The van der Waals surface area contributed by atoms with Crippen molar-refractivity contribution in [3.05, 3.63) is 132 Å². The molecule has 38 heavy (non-hydrogen) atoms. The molecule has 1 amide bonds. The maximum atomic E-state index is 12.5. The third-order valence-electron chi connectivity index (χ3n) is 5.81. The van der Waals surface area contributed by atoms with Crippen LogP contribution >= 0.6 is 11.8 Å². The Balaban J connectivity index is 1.20. The number of nitrogens with one attached hydrogen (secondary N) is 1. The number of hydrogen-bond acceptors (Lipinski definition) is 6. The molecule has 0 saturated carbocycles. The van der Waals surface area contributed by atoms with E-state index >= 15 is 0 Å². The quantitative estimate of drug-likeness (QED) is 0.140. The van der Waals surface area contributed by atoms with Gasteiger partial charge < -0.3 is 9.47 Å². The van der Waals surface area contributed by atoms with E-state index < -0.39 is 0 Å². The Morgan fingerprint density at radius 2 is 1.47 bits per heavy atom. The van der Waals surface area contributed by atoms with E-state index in [0.29, 0.717) is 5.56 Å². The average molecular weight is 519 g/mol. The topological polar surface area (TPSA) is 75.4 Å². The Bertz CT molecular complexity index is 1460. The number of benzene rings is 4. The molecule has 1 aromatic heterocycles. The van der Waals surface area contributed by atoms with Crippen LogP contribution in [-0.4, -0.2) is 26.9 Å². The number of hydrogen-bond donors (Lipinski definition) is 1. The summed E-state index contributed by atoms with van der Waals surface area (Å²) in [5, 5.41) is 13.0. The van der Waals surface area contributed by atoms with Crippen molar-refractivity contribution in [1.82, 2.24) is 20.2 Å². The second kappa shape index (κ2) is 12.0. The summed E-state index contributed by atoms with van der Waals surface area (Å²) in [7, 11) is 1.91. The van der Waals surface area contributed by atoms with Gasteiger partial charge >= 0.3 is 0 Å². The highest BCUT2D eigenvalue weighted by Crippen LogP contribution is 2.33. The summed E-state index contributed by atoms with van der Waals surface area (Å²) in [5.74, 6) is 0.485. The summed E-state index contributed by atoms with van der Waals surface area (Å²) in [5.41, 5.74) is 8.31. The zero-order chi connectivity index (χ0) is 26.2. The van der Waals surface area contributed by atoms with Crippen molar-refractivity contribution in [2.75, 3.05) is 4.90 Å². The average Bonchev–Trinajstić information content (AvgIpc) is 3.38. The molecular weight excluding hydrogens is 492 g/mol. The number of amides is 1. The molecule has 0 aliphatic rings. The van der Waals surface area contributed by atoms with E-state index in [0.717, 1.165) is 39.1 Å². The Morgan fingerprint density at radius 3 is 2.05 bits per heavy atom. The van der Waals surface area contributed by atoms with Gasteiger partial charge in [0, 0.05) is 35.4 Å². The zero-order valence-electron chi connectivity index (χ0n) is 20.8. The summed E-state index contributed by atoms with van der Waals surface area (Å²) in [4.78, 5) is 14.7. The number of hydrazone groups is 1. The number of carbonyl (C=O) groups excluding carboxylic acids is 1. The van der Waals surface area contributed by atoms with E-state index in [2.05, 4.69) is 49.9 Å². The van der Waals surface area contributed by atoms with E-state index in [1.165, 1.54) is 0 Å². The largest absolute Gasteiger partial charge is 0.312 e. The molecule has 5 rings (SSSR count). The van der Waals surface area contributed by atoms with Crippen molar-refractivity contribution in [3.8, 4) is 0 Å². The molecular formula is C30H26N6OS. The van der Waals surface area contributed by atoms with Gasteiger partial charge in [-0.15, -0.1) is 10.2 Å². The third-order valence-corrected chi connectivity index (χ3v) is 6.92. The standard InChI is InChI=1S/C30H26N6OS/c1-35-22-32-34-30(35)38-21-24-12-16-25(17-13-24)29(37)33-31-20-23-14-18-28(19-15-23)36(26-8-4-2-5-9-26)27-10-6-3-7-11-27/h2-20,22H,21H2,1H3,(H,33,37). The molecule has 0 saturated heterocycles. The molecule has 0 fully saturated rings. The summed E-state index contributed by atoms with van der Waals surface area (Å²) < 4.78 is 1.88. The summed E-state index contributed by atoms with van der Waals surface area (Å²) in [6.45, 7) is 0. The number of nitrogens with zero attached hydrogens (tertiary/aromatic N) is 5. The Morgan fingerprint density at radius 1 is 0.868 bits per heavy atom. The molecule has 8 heteroatoms. The van der Waals surface area contributed by atoms with Crippen molar-refractivity contribution >= 4 is 40.9 Å². The summed E-state index contributed by atoms with van der Waals surface area (Å²) in [6.07, 6.45) is 3.32. The predicted molar refractivity (Wildman–Crippen MR) is 153 cm³/mol. The van der Waals surface area contributed by atoms with E-state index in [-0.39, 0.29) is 5.91 Å². The molecule has 0 spiro atoms. The van der Waals surface area contributed by atoms with Gasteiger partial charge in [0.2, 0.25) is 0 Å². The zero-order valence-corrected chi connectivity index (χ0v) is 21.6. The first-order valence-corrected chi connectivity index (χ1v) is 13.1. The Kier molecular flexibility index (Phi) is 7.91. The van der Waals surface area contributed by atoms with Crippen LogP contribution in [0.5, 0.6) is 0 Å². The molecule has 0 aliphatic carbocycles. The highest BCUT2D eigenvalue weighted by molar-refractivity contribution is 7.98. The minimum atomic E-state index is -0.260. The van der Waals surface area contributed by atoms with Gasteiger partial charge in [-0.2, -0.15) is 5.10 Å². The predicted octanol–water partition coefficient (Wildman–Crippen LogP) is 6.34. The number of rotatable bonds is 9. The number of para-hydroxylation sites is 2. The molecule has 4 aromatic carbocycles. The highest BCUT2D eigenvalue weighted by atomic mass is 32.2. The van der Waals surface area contributed by atoms with Crippen LogP contribution in [0.1, 0.15) is 21.5 Å². The lowest BCUT2D eigenvalue weighted by Crippen LogP contribution is -2.17. The molecule has 188 valence electrons. The van der Waals surface area contributed by atoms with Gasteiger partial charge in [0.15, 0.2) is 5.16 Å². The van der Waals surface area contributed by atoms with Crippen LogP contribution in [0.15, 0.2) is 126 Å². The van der Waals surface area contributed by atoms with Gasteiger partial charge in [-0.05, 0) is 59.7 Å². The Labute approximate surface area is 225 Å². The van der Waals surface area contributed by atoms with E-state index in [9.17, 15) is 4.79 Å². The number of anilines is 3. The second-order valence-electron chi connectivity index (χ2n) is 8.51. The molecule has 0 aliphatic heterocycles. The summed E-state index contributed by atoms with van der Waals surface area (Å²) >= 11 is 1.59. The first-order valence-electron chi connectivity index (χ1n) is 12.1. The minimum absolute atomic E-state index is 0.260. The van der Waals surface area contributed by atoms with Crippen molar-refractivity contribution in [3.63, 3.8) is 0 Å². The van der Waals surface area contributed by atoms with Crippen molar-refractivity contribution in [2.45, 2.75) is 10.9 Å². The maximum Gasteiger partial charge on any atom is 0.271 e. The van der Waals surface area contributed by atoms with Crippen LogP contribution < -0.4 is 10.3 Å². The number of carbonyl (C=O) groups is 1. The first kappa shape index (κ1) is 25.0. The van der Waals surface area contributed by atoms with Gasteiger partial charge in [0.25, 0.3) is 5.91 Å². The Hall–Kier alpha value is -4.69. The lowest BCUT2D eigenvalue weighted by Gasteiger charge is -2.25. The SMILES string of the molecule is Cn1cnnc1SCc1ccc(C(=O)NN=Cc2ccc(N(c3ccccc3)c3ccccc3)cc2)cc1. The van der Waals surface area contributed by atoms with E-state index in [4.69, 9.17) is 0 Å². The van der Waals surface area contributed by atoms with Gasteiger partial charge in [0.05, 0.1) is 6.21 Å². The van der Waals surface area contributed by atoms with Crippen LogP contribution in [0.2, 0.25) is 0 Å². The maximum absolute atomic E-state index is 12.5. The molecule has 5 aromatic rings. The monoisotopic (exact) mass is 518 g/mol. The molecule has 0 radical (unpaired) electrons. The lowest BCUT2D eigenvalue weighted by atomic mass is 10.1. The first-order chi connectivity index (χ1) is 18.7. The molecule has 0 unspecified atom stereocenters. The van der Waals surface area contributed by atoms with Gasteiger partial charge in [-0.25, -0.2) is 5.43 Å². The number of aromatic nitrogens is 3. The molecule has 7 nitrogen and oxygen atoms in total. The minimum Gasteiger partial charge on any atom is -0.312 e. The normalized spacial score (nSPS) is 11.0. The summed E-state index contributed by atoms with van der Waals surface area (Å²) in [6, 6.07) is 36.0. The fraction of sp³-hybridized carbons (Fsp3) is 0.0667. The van der Waals surface area contributed by atoms with Crippen LogP contribution in [-0.2, 0) is 12.8 Å². The van der Waals surface area contributed by atoms with Crippen LogP contribution in [0.25, 0.3) is 0 Å². The smallest absolute Gasteiger partial charge is 0.271 e. The number of aryl methyl sites for hydroxylation is 1. The lowest BCUT2D eigenvalue weighted by molar-refractivity contribution is 0.0955. The fourth-order valence-corrected chi connectivity index (χ4v) is 4.69. The molecule has 0 bridgehead atoms. The second-order valence-corrected chi connectivity index (χ2v) is 9.45.